The maximum absolute atomic E-state index is 13.0. The maximum atomic E-state index is 13.0. The van der Waals surface area contributed by atoms with Crippen molar-refractivity contribution in [2.24, 2.45) is 0 Å². The molecule has 0 unspecified atom stereocenters. The van der Waals surface area contributed by atoms with Gasteiger partial charge in [-0.15, -0.1) is 0 Å². The molecule has 5 nitrogen and oxygen atoms in total. The smallest absolute Gasteiger partial charge is 0.326 e. The lowest BCUT2D eigenvalue weighted by molar-refractivity contribution is -0.139. The third-order valence-electron chi connectivity index (χ3n) is 4.32. The van der Waals surface area contributed by atoms with Gasteiger partial charge in [0.2, 0.25) is 0 Å². The fraction of sp³-hybridized carbons (Fsp3) is 0.130. The predicted octanol–water partition coefficient (Wildman–Crippen LogP) is 3.83. The molecule has 2 N–H and O–H groups in total. The Balaban J connectivity index is 1.59. The quantitative estimate of drug-likeness (QED) is 0.610. The van der Waals surface area contributed by atoms with Gasteiger partial charge in [0, 0.05) is 12.0 Å². The second-order valence-electron chi connectivity index (χ2n) is 6.49. The first-order valence-electron chi connectivity index (χ1n) is 9.06. The summed E-state index contributed by atoms with van der Waals surface area (Å²) in [5, 5.41) is 11.9. The van der Waals surface area contributed by atoms with E-state index in [1.54, 1.807) is 24.3 Å². The first kappa shape index (κ1) is 20.1. The Morgan fingerprint density at radius 2 is 1.55 bits per heavy atom. The van der Waals surface area contributed by atoms with Crippen molar-refractivity contribution in [1.29, 1.82) is 0 Å². The zero-order valence-corrected chi connectivity index (χ0v) is 15.5. The minimum Gasteiger partial charge on any atom is -0.489 e. The summed E-state index contributed by atoms with van der Waals surface area (Å²) in [5.41, 5.74) is 1.98. The Kier molecular flexibility index (Phi) is 6.58. The number of nitrogens with one attached hydrogen (secondary N) is 1. The standard InChI is InChI=1S/C23H20FNO4/c24-19-10-8-18(9-11-19)22(26)25-21(23(27)28)14-16-6-12-20(13-7-16)29-15-17-4-2-1-3-5-17/h1-13,21H,14-15H2,(H,25,26)(H,27,28)/t21-/m1/s1. The van der Waals surface area contributed by atoms with E-state index < -0.39 is 23.7 Å². The van der Waals surface area contributed by atoms with Gasteiger partial charge >= 0.3 is 5.97 Å². The number of carbonyl (C=O) groups excluding carboxylic acids is 1. The summed E-state index contributed by atoms with van der Waals surface area (Å²) < 4.78 is 18.7. The van der Waals surface area contributed by atoms with Gasteiger partial charge in [0.1, 0.15) is 24.2 Å². The Hall–Kier alpha value is -3.67. The highest BCUT2D eigenvalue weighted by molar-refractivity contribution is 5.96. The molecule has 1 atom stereocenters. The number of aliphatic carboxylic acids is 1. The zero-order valence-electron chi connectivity index (χ0n) is 15.5. The average Bonchev–Trinajstić information content (AvgIpc) is 2.74. The molecule has 6 heteroatoms. The third kappa shape index (κ3) is 5.90. The molecule has 3 rings (SSSR count). The van der Waals surface area contributed by atoms with Crippen LogP contribution in [0.5, 0.6) is 5.75 Å². The van der Waals surface area contributed by atoms with E-state index in [1.807, 2.05) is 30.3 Å². The van der Waals surface area contributed by atoms with Gasteiger partial charge in [-0.25, -0.2) is 9.18 Å². The first-order valence-corrected chi connectivity index (χ1v) is 9.06. The molecule has 29 heavy (non-hydrogen) atoms. The molecule has 0 bridgehead atoms. The second kappa shape index (κ2) is 9.50. The number of carboxylic acid groups (broad SMARTS) is 1. The van der Waals surface area contributed by atoms with E-state index in [0.29, 0.717) is 12.4 Å². The molecule has 0 spiro atoms. The molecule has 0 heterocycles. The van der Waals surface area contributed by atoms with Crippen LogP contribution in [-0.2, 0) is 17.8 Å². The van der Waals surface area contributed by atoms with Crippen LogP contribution in [0.15, 0.2) is 78.9 Å². The van der Waals surface area contributed by atoms with Crippen molar-refractivity contribution in [1.82, 2.24) is 5.32 Å². The van der Waals surface area contributed by atoms with Crippen LogP contribution in [0.4, 0.5) is 4.39 Å². The van der Waals surface area contributed by atoms with Crippen molar-refractivity contribution in [3.8, 4) is 5.75 Å². The highest BCUT2D eigenvalue weighted by Crippen LogP contribution is 2.16. The fourth-order valence-electron chi connectivity index (χ4n) is 2.74. The highest BCUT2D eigenvalue weighted by atomic mass is 19.1. The van der Waals surface area contributed by atoms with Crippen molar-refractivity contribution in [3.63, 3.8) is 0 Å². The summed E-state index contributed by atoms with van der Waals surface area (Å²) in [6, 6.07) is 20.6. The number of amides is 1. The van der Waals surface area contributed by atoms with Gasteiger partial charge in [-0.3, -0.25) is 4.79 Å². The summed E-state index contributed by atoms with van der Waals surface area (Å²) in [5.74, 6) is -1.52. The molecular weight excluding hydrogens is 373 g/mol. The number of carboxylic acids is 1. The number of benzene rings is 3. The molecule has 3 aromatic rings. The van der Waals surface area contributed by atoms with Gasteiger partial charge in [-0.1, -0.05) is 42.5 Å². The van der Waals surface area contributed by atoms with E-state index in [2.05, 4.69) is 5.32 Å². The SMILES string of the molecule is O=C(N[C@H](Cc1ccc(OCc2ccccc2)cc1)C(=O)O)c1ccc(F)cc1. The Morgan fingerprint density at radius 1 is 0.897 bits per heavy atom. The van der Waals surface area contributed by atoms with Crippen LogP contribution in [0.3, 0.4) is 0 Å². The van der Waals surface area contributed by atoms with Gasteiger partial charge in [0.05, 0.1) is 0 Å². The number of halogens is 1. The molecule has 0 aliphatic carbocycles. The van der Waals surface area contributed by atoms with Crippen LogP contribution >= 0.6 is 0 Å². The van der Waals surface area contributed by atoms with E-state index in [9.17, 15) is 19.1 Å². The van der Waals surface area contributed by atoms with Crippen molar-refractivity contribution >= 4 is 11.9 Å². The number of hydrogen-bond acceptors (Lipinski definition) is 3. The average molecular weight is 393 g/mol. The van der Waals surface area contributed by atoms with Crippen LogP contribution < -0.4 is 10.1 Å². The predicted molar refractivity (Wildman–Crippen MR) is 106 cm³/mol. The van der Waals surface area contributed by atoms with Gasteiger partial charge in [0.15, 0.2) is 0 Å². The number of rotatable bonds is 8. The molecule has 148 valence electrons. The van der Waals surface area contributed by atoms with Gasteiger partial charge in [-0.2, -0.15) is 0 Å². The maximum Gasteiger partial charge on any atom is 0.326 e. The molecule has 0 fully saturated rings. The summed E-state index contributed by atoms with van der Waals surface area (Å²) >= 11 is 0. The topological polar surface area (TPSA) is 75.6 Å². The van der Waals surface area contributed by atoms with Crippen LogP contribution in [0.1, 0.15) is 21.5 Å². The van der Waals surface area contributed by atoms with Crippen LogP contribution in [0, 0.1) is 5.82 Å². The summed E-state index contributed by atoms with van der Waals surface area (Å²) in [4.78, 5) is 23.8. The van der Waals surface area contributed by atoms with Crippen molar-refractivity contribution in [2.45, 2.75) is 19.1 Å². The Labute approximate surface area is 167 Å². The van der Waals surface area contributed by atoms with Crippen molar-refractivity contribution in [2.75, 3.05) is 0 Å². The lowest BCUT2D eigenvalue weighted by Crippen LogP contribution is -2.42. The molecule has 0 saturated carbocycles. The molecule has 0 aliphatic rings. The van der Waals surface area contributed by atoms with E-state index in [4.69, 9.17) is 4.74 Å². The van der Waals surface area contributed by atoms with Gasteiger partial charge in [0.25, 0.3) is 5.91 Å². The molecule has 1 amide bonds. The summed E-state index contributed by atoms with van der Waals surface area (Å²) in [7, 11) is 0. The third-order valence-corrected chi connectivity index (χ3v) is 4.32. The van der Waals surface area contributed by atoms with Gasteiger partial charge in [-0.05, 0) is 47.5 Å². The van der Waals surface area contributed by atoms with Crippen molar-refractivity contribution < 1.29 is 23.8 Å². The lowest BCUT2D eigenvalue weighted by Gasteiger charge is -2.15. The zero-order chi connectivity index (χ0) is 20.6. The first-order chi connectivity index (χ1) is 14.0. The van der Waals surface area contributed by atoms with Crippen LogP contribution in [-0.4, -0.2) is 23.0 Å². The van der Waals surface area contributed by atoms with Crippen molar-refractivity contribution in [3.05, 3.63) is 101 Å². The minimum absolute atomic E-state index is 0.112. The molecule has 0 aromatic heterocycles. The lowest BCUT2D eigenvalue weighted by atomic mass is 10.1. The second-order valence-corrected chi connectivity index (χ2v) is 6.49. The summed E-state index contributed by atoms with van der Waals surface area (Å²) in [6.07, 6.45) is 0.112. The Morgan fingerprint density at radius 3 is 2.17 bits per heavy atom. The number of carbonyl (C=O) groups is 2. The van der Waals surface area contributed by atoms with Crippen LogP contribution in [0.25, 0.3) is 0 Å². The van der Waals surface area contributed by atoms with Gasteiger partial charge < -0.3 is 15.2 Å². The molecule has 0 saturated heterocycles. The molecule has 0 aliphatic heterocycles. The van der Waals surface area contributed by atoms with E-state index in [-0.39, 0.29) is 12.0 Å². The highest BCUT2D eigenvalue weighted by Gasteiger charge is 2.21. The minimum atomic E-state index is -1.15. The van der Waals surface area contributed by atoms with E-state index in [1.165, 1.54) is 12.1 Å². The number of ether oxygens (including phenoxy) is 1. The van der Waals surface area contributed by atoms with E-state index in [0.717, 1.165) is 23.3 Å². The summed E-state index contributed by atoms with van der Waals surface area (Å²) in [6.45, 7) is 0.436. The fourth-order valence-corrected chi connectivity index (χ4v) is 2.74. The molecule has 3 aromatic carbocycles. The molecule has 0 radical (unpaired) electrons. The number of hydrogen-bond donors (Lipinski definition) is 2. The molecular formula is C23H20FNO4. The largest absolute Gasteiger partial charge is 0.489 e. The van der Waals surface area contributed by atoms with E-state index >= 15 is 0 Å². The Bertz CT molecular complexity index is 956. The van der Waals surface area contributed by atoms with Crippen LogP contribution in [0.2, 0.25) is 0 Å². The normalized spacial score (nSPS) is 11.5. The monoisotopic (exact) mass is 393 g/mol.